The van der Waals surface area contributed by atoms with Crippen molar-refractivity contribution in [1.29, 1.82) is 0 Å². The number of nitrogens with two attached hydrogens (primary N) is 1. The highest BCUT2D eigenvalue weighted by Crippen LogP contribution is 2.14. The summed E-state index contributed by atoms with van der Waals surface area (Å²) in [5.41, 5.74) is 4.85. The number of amides is 1. The third-order valence-corrected chi connectivity index (χ3v) is 3.58. The van der Waals surface area contributed by atoms with E-state index < -0.39 is 17.3 Å². The van der Waals surface area contributed by atoms with Crippen molar-refractivity contribution in [3.63, 3.8) is 0 Å². The first-order chi connectivity index (χ1) is 11.5. The highest BCUT2D eigenvalue weighted by atomic mass is 19.1. The molecule has 126 valence electrons. The maximum atomic E-state index is 13.1. The molecule has 3 rings (SSSR count). The van der Waals surface area contributed by atoms with E-state index >= 15 is 0 Å². The van der Waals surface area contributed by atoms with Crippen molar-refractivity contribution in [2.75, 3.05) is 31.2 Å². The van der Waals surface area contributed by atoms with E-state index in [1.807, 2.05) is 4.90 Å². The van der Waals surface area contributed by atoms with Crippen LogP contribution in [0.25, 0.3) is 5.82 Å². The minimum atomic E-state index is -0.628. The molecule has 1 amide bonds. The topological polar surface area (TPSA) is 103 Å². The second-order valence-corrected chi connectivity index (χ2v) is 5.28. The van der Waals surface area contributed by atoms with Gasteiger partial charge in [-0.2, -0.15) is 0 Å². The van der Waals surface area contributed by atoms with Crippen molar-refractivity contribution in [3.05, 3.63) is 46.4 Å². The second kappa shape index (κ2) is 6.75. The Kier molecular flexibility index (Phi) is 4.52. The summed E-state index contributed by atoms with van der Waals surface area (Å²) in [5, 5.41) is 0. The average molecular weight is 333 g/mol. The largest absolute Gasteiger partial charge is 0.378 e. The van der Waals surface area contributed by atoms with Crippen LogP contribution in [-0.2, 0) is 16.0 Å². The van der Waals surface area contributed by atoms with Crippen LogP contribution in [0.15, 0.2) is 29.2 Å². The molecule has 0 aliphatic carbocycles. The minimum absolute atomic E-state index is 0.163. The normalized spacial score (nSPS) is 14.6. The molecule has 0 bridgehead atoms. The van der Waals surface area contributed by atoms with Gasteiger partial charge in [0, 0.05) is 19.2 Å². The van der Waals surface area contributed by atoms with Crippen LogP contribution < -0.4 is 16.2 Å². The number of rotatable bonds is 4. The Labute approximate surface area is 136 Å². The Hall–Kier alpha value is -2.81. The van der Waals surface area contributed by atoms with Crippen molar-refractivity contribution in [1.82, 2.24) is 14.5 Å². The Morgan fingerprint density at radius 2 is 2.04 bits per heavy atom. The number of anilines is 1. The number of carbonyl (C=O) groups excluding carboxylic acids is 1. The number of ether oxygens (including phenoxy) is 1. The summed E-state index contributed by atoms with van der Waals surface area (Å²) < 4.78 is 19.5. The van der Waals surface area contributed by atoms with E-state index in [0.29, 0.717) is 32.1 Å². The van der Waals surface area contributed by atoms with Crippen LogP contribution in [0.4, 0.5) is 10.2 Å². The lowest BCUT2D eigenvalue weighted by Crippen LogP contribution is -2.38. The monoisotopic (exact) mass is 333 g/mol. The third kappa shape index (κ3) is 3.40. The summed E-state index contributed by atoms with van der Waals surface area (Å²) in [6.07, 6.45) is 0.762. The molecule has 0 radical (unpaired) electrons. The standard InChI is InChI=1S/C15H16FN5O3/c16-10-1-2-12(18-9-10)21-14(7-11(17)22)19-13(8-15(21)23)20-3-5-24-6-4-20/h1-2,8-9H,3-7H2,(H2,17,22). The lowest BCUT2D eigenvalue weighted by Gasteiger charge is -2.28. The van der Waals surface area contributed by atoms with Crippen LogP contribution in [-0.4, -0.2) is 46.7 Å². The molecule has 24 heavy (non-hydrogen) atoms. The van der Waals surface area contributed by atoms with Crippen LogP contribution in [0.5, 0.6) is 0 Å². The van der Waals surface area contributed by atoms with Crippen LogP contribution >= 0.6 is 0 Å². The molecule has 2 aromatic heterocycles. The Bertz CT molecular complexity index is 800. The highest BCUT2D eigenvalue weighted by molar-refractivity contribution is 5.76. The smallest absolute Gasteiger partial charge is 0.261 e. The molecule has 0 aromatic carbocycles. The van der Waals surface area contributed by atoms with Gasteiger partial charge in [0.1, 0.15) is 23.3 Å². The molecule has 0 saturated carbocycles. The molecule has 0 spiro atoms. The van der Waals surface area contributed by atoms with Gasteiger partial charge in [-0.25, -0.2) is 18.9 Å². The van der Waals surface area contributed by atoms with Gasteiger partial charge in [0.05, 0.1) is 25.8 Å². The van der Waals surface area contributed by atoms with Crippen LogP contribution in [0.2, 0.25) is 0 Å². The zero-order chi connectivity index (χ0) is 17.1. The van der Waals surface area contributed by atoms with E-state index in [-0.39, 0.29) is 18.1 Å². The summed E-state index contributed by atoms with van der Waals surface area (Å²) in [7, 11) is 0. The maximum absolute atomic E-state index is 13.1. The van der Waals surface area contributed by atoms with Gasteiger partial charge in [0.25, 0.3) is 5.56 Å². The predicted molar refractivity (Wildman–Crippen MR) is 83.5 cm³/mol. The van der Waals surface area contributed by atoms with Crippen molar-refractivity contribution in [3.8, 4) is 5.82 Å². The van der Waals surface area contributed by atoms with E-state index in [4.69, 9.17) is 10.5 Å². The van der Waals surface area contributed by atoms with E-state index in [1.165, 1.54) is 18.2 Å². The van der Waals surface area contributed by atoms with Crippen molar-refractivity contribution in [2.45, 2.75) is 6.42 Å². The molecule has 0 unspecified atom stereocenters. The van der Waals surface area contributed by atoms with E-state index in [9.17, 15) is 14.0 Å². The quantitative estimate of drug-likeness (QED) is 0.819. The molecule has 8 nitrogen and oxygen atoms in total. The zero-order valence-electron chi connectivity index (χ0n) is 12.8. The van der Waals surface area contributed by atoms with E-state index in [2.05, 4.69) is 9.97 Å². The second-order valence-electron chi connectivity index (χ2n) is 5.28. The van der Waals surface area contributed by atoms with Gasteiger partial charge < -0.3 is 15.4 Å². The van der Waals surface area contributed by atoms with Gasteiger partial charge in [0.15, 0.2) is 0 Å². The van der Waals surface area contributed by atoms with Crippen molar-refractivity contribution < 1.29 is 13.9 Å². The number of pyridine rings is 1. The summed E-state index contributed by atoms with van der Waals surface area (Å²) >= 11 is 0. The zero-order valence-corrected chi connectivity index (χ0v) is 12.8. The SMILES string of the molecule is NC(=O)Cc1nc(N2CCOCC2)cc(=O)n1-c1ccc(F)cn1. The van der Waals surface area contributed by atoms with Gasteiger partial charge >= 0.3 is 0 Å². The number of hydrogen-bond donors (Lipinski definition) is 1. The van der Waals surface area contributed by atoms with Gasteiger partial charge in [0.2, 0.25) is 5.91 Å². The Balaban J connectivity index is 2.08. The molecule has 1 fully saturated rings. The van der Waals surface area contributed by atoms with Gasteiger partial charge in [-0.1, -0.05) is 0 Å². The number of aromatic nitrogens is 3. The molecular weight excluding hydrogens is 317 g/mol. The first-order valence-electron chi connectivity index (χ1n) is 7.40. The number of primary amides is 1. The number of nitrogens with zero attached hydrogens (tertiary/aromatic N) is 4. The highest BCUT2D eigenvalue weighted by Gasteiger charge is 2.18. The molecule has 1 saturated heterocycles. The van der Waals surface area contributed by atoms with Gasteiger partial charge in [-0.3, -0.25) is 9.59 Å². The Morgan fingerprint density at radius 3 is 2.67 bits per heavy atom. The average Bonchev–Trinajstić information content (AvgIpc) is 2.56. The molecule has 0 atom stereocenters. The lowest BCUT2D eigenvalue weighted by atomic mass is 10.3. The summed E-state index contributed by atoms with van der Waals surface area (Å²) in [6, 6.07) is 3.89. The Morgan fingerprint density at radius 1 is 1.29 bits per heavy atom. The van der Waals surface area contributed by atoms with Crippen LogP contribution in [0.3, 0.4) is 0 Å². The minimum Gasteiger partial charge on any atom is -0.378 e. The van der Waals surface area contributed by atoms with Crippen LogP contribution in [0, 0.1) is 5.82 Å². The van der Waals surface area contributed by atoms with Gasteiger partial charge in [-0.05, 0) is 12.1 Å². The van der Waals surface area contributed by atoms with E-state index in [0.717, 1.165) is 10.8 Å². The molecule has 2 N–H and O–H groups in total. The van der Waals surface area contributed by atoms with Crippen LogP contribution in [0.1, 0.15) is 5.82 Å². The number of morpholine rings is 1. The molecule has 9 heteroatoms. The predicted octanol–water partition coefficient (Wildman–Crippen LogP) is -0.369. The first-order valence-corrected chi connectivity index (χ1v) is 7.40. The molecule has 2 aromatic rings. The van der Waals surface area contributed by atoms with E-state index in [1.54, 1.807) is 0 Å². The number of carbonyl (C=O) groups is 1. The summed E-state index contributed by atoms with van der Waals surface area (Å²) in [5.74, 6) is -0.356. The summed E-state index contributed by atoms with van der Waals surface area (Å²) in [6.45, 7) is 2.27. The fraction of sp³-hybridized carbons (Fsp3) is 0.333. The lowest BCUT2D eigenvalue weighted by molar-refractivity contribution is -0.117. The number of hydrogen-bond acceptors (Lipinski definition) is 6. The first kappa shape index (κ1) is 16.1. The molecule has 1 aliphatic rings. The molecule has 3 heterocycles. The maximum Gasteiger partial charge on any atom is 0.261 e. The molecule has 1 aliphatic heterocycles. The van der Waals surface area contributed by atoms with Crippen molar-refractivity contribution in [2.24, 2.45) is 5.73 Å². The molecular formula is C15H16FN5O3. The van der Waals surface area contributed by atoms with Crippen molar-refractivity contribution >= 4 is 11.7 Å². The number of halogens is 1. The third-order valence-electron chi connectivity index (χ3n) is 3.58. The fourth-order valence-electron chi connectivity index (χ4n) is 2.49. The fourth-order valence-corrected chi connectivity index (χ4v) is 2.49. The van der Waals surface area contributed by atoms with Gasteiger partial charge in [-0.15, -0.1) is 0 Å². The summed E-state index contributed by atoms with van der Waals surface area (Å²) in [4.78, 5) is 34.1.